The number of nitro benzene ring substituents is 1. The topological polar surface area (TPSA) is 103 Å². The van der Waals surface area contributed by atoms with Crippen LogP contribution in [0.1, 0.15) is 5.82 Å². The zero-order valence-electron chi connectivity index (χ0n) is 12.4. The lowest BCUT2D eigenvalue weighted by Crippen LogP contribution is -2.06. The number of nitrogens with zero attached hydrogens (tertiary/aromatic N) is 3. The van der Waals surface area contributed by atoms with Crippen LogP contribution in [0.4, 0.5) is 20.2 Å². The van der Waals surface area contributed by atoms with Gasteiger partial charge in [-0.05, 0) is 17.5 Å². The Morgan fingerprint density at radius 1 is 1.40 bits per heavy atom. The first-order valence-corrected chi connectivity index (χ1v) is 7.74. The molecule has 130 valence electrons. The lowest BCUT2D eigenvalue weighted by atomic mass is 10.2. The fourth-order valence-corrected chi connectivity index (χ4v) is 2.62. The molecular weight excluding hydrogens is 358 g/mol. The number of ether oxygens (including phenoxy) is 1. The zero-order chi connectivity index (χ0) is 17.8. The molecule has 0 aliphatic heterocycles. The van der Waals surface area contributed by atoms with Crippen molar-refractivity contribution in [2.45, 2.75) is 13.2 Å². The summed E-state index contributed by atoms with van der Waals surface area (Å²) in [5.74, 6) is 0.188. The van der Waals surface area contributed by atoms with Crippen LogP contribution in [0.5, 0.6) is 5.75 Å². The Morgan fingerprint density at radius 3 is 2.92 bits per heavy atom. The number of rotatable bonds is 7. The molecule has 8 nitrogen and oxygen atoms in total. The van der Waals surface area contributed by atoms with Crippen molar-refractivity contribution in [3.8, 4) is 16.5 Å². The number of hydrogen-bond acceptors (Lipinski definition) is 8. The minimum absolute atomic E-state index is 0.140. The SMILES string of the molecule is O=[N+]([O-])c1ccc(NCc2noc(-c3cccs3)n2)cc1OC(F)F. The molecule has 0 aliphatic carbocycles. The molecular formula is C14H10F2N4O4S. The molecule has 0 amide bonds. The monoisotopic (exact) mass is 368 g/mol. The van der Waals surface area contributed by atoms with Gasteiger partial charge in [-0.25, -0.2) is 0 Å². The molecule has 3 aromatic rings. The highest BCUT2D eigenvalue weighted by atomic mass is 32.1. The average molecular weight is 368 g/mol. The predicted molar refractivity (Wildman–Crippen MR) is 84.7 cm³/mol. The van der Waals surface area contributed by atoms with Crippen LogP contribution >= 0.6 is 11.3 Å². The van der Waals surface area contributed by atoms with E-state index >= 15 is 0 Å². The Balaban J connectivity index is 1.71. The number of halogens is 2. The molecule has 11 heteroatoms. The van der Waals surface area contributed by atoms with Gasteiger partial charge in [-0.15, -0.1) is 11.3 Å². The lowest BCUT2D eigenvalue weighted by Gasteiger charge is -2.08. The van der Waals surface area contributed by atoms with Gasteiger partial charge < -0.3 is 14.6 Å². The molecule has 0 radical (unpaired) electrons. The highest BCUT2D eigenvalue weighted by Crippen LogP contribution is 2.31. The predicted octanol–water partition coefficient (Wildman–Crippen LogP) is 3.92. The Bertz CT molecular complexity index is 870. The van der Waals surface area contributed by atoms with E-state index < -0.39 is 23.0 Å². The minimum atomic E-state index is -3.17. The minimum Gasteiger partial charge on any atom is -0.427 e. The molecule has 0 aliphatic rings. The molecule has 2 heterocycles. The molecule has 1 aromatic carbocycles. The molecule has 0 bridgehead atoms. The van der Waals surface area contributed by atoms with Crippen LogP contribution in [0.2, 0.25) is 0 Å². The van der Waals surface area contributed by atoms with E-state index in [0.717, 1.165) is 17.0 Å². The summed E-state index contributed by atoms with van der Waals surface area (Å²) in [6, 6.07) is 7.25. The van der Waals surface area contributed by atoms with Crippen LogP contribution in [-0.4, -0.2) is 21.7 Å². The highest BCUT2D eigenvalue weighted by molar-refractivity contribution is 7.13. The quantitative estimate of drug-likeness (QED) is 0.498. The van der Waals surface area contributed by atoms with E-state index in [1.54, 1.807) is 0 Å². The van der Waals surface area contributed by atoms with Gasteiger partial charge in [0, 0.05) is 17.8 Å². The molecule has 0 saturated heterocycles. The standard InChI is InChI=1S/C14H10F2N4O4S/c15-14(16)23-10-6-8(3-4-9(10)20(21)22)17-7-12-18-13(24-19-12)11-2-1-5-25-11/h1-6,14,17H,7H2. The summed E-state index contributed by atoms with van der Waals surface area (Å²) in [6.45, 7) is -3.03. The van der Waals surface area contributed by atoms with Crippen molar-refractivity contribution in [2.24, 2.45) is 0 Å². The van der Waals surface area contributed by atoms with E-state index in [1.807, 2.05) is 17.5 Å². The van der Waals surface area contributed by atoms with E-state index in [9.17, 15) is 18.9 Å². The van der Waals surface area contributed by atoms with E-state index in [-0.39, 0.29) is 6.54 Å². The van der Waals surface area contributed by atoms with Gasteiger partial charge in [0.25, 0.3) is 5.89 Å². The molecule has 0 unspecified atom stereocenters. The molecule has 25 heavy (non-hydrogen) atoms. The van der Waals surface area contributed by atoms with Gasteiger partial charge >= 0.3 is 12.3 Å². The Hall–Kier alpha value is -3.08. The number of benzene rings is 1. The number of hydrogen-bond donors (Lipinski definition) is 1. The van der Waals surface area contributed by atoms with Crippen molar-refractivity contribution in [1.29, 1.82) is 0 Å². The maximum absolute atomic E-state index is 12.4. The maximum atomic E-state index is 12.4. The molecule has 0 saturated carbocycles. The maximum Gasteiger partial charge on any atom is 0.387 e. The van der Waals surface area contributed by atoms with Crippen molar-refractivity contribution in [2.75, 3.05) is 5.32 Å². The first-order valence-electron chi connectivity index (χ1n) is 6.86. The van der Waals surface area contributed by atoms with Crippen LogP contribution in [-0.2, 0) is 6.54 Å². The molecule has 2 aromatic heterocycles. The van der Waals surface area contributed by atoms with Gasteiger partial charge in [-0.2, -0.15) is 13.8 Å². The molecule has 0 atom stereocenters. The van der Waals surface area contributed by atoms with Crippen LogP contribution in [0, 0.1) is 10.1 Å². The fraction of sp³-hybridized carbons (Fsp3) is 0.143. The number of aromatic nitrogens is 2. The van der Waals surface area contributed by atoms with Crippen LogP contribution in [0.25, 0.3) is 10.8 Å². The number of alkyl halides is 2. The second-order valence-electron chi connectivity index (χ2n) is 4.66. The van der Waals surface area contributed by atoms with E-state index in [0.29, 0.717) is 17.4 Å². The van der Waals surface area contributed by atoms with Crippen molar-refractivity contribution >= 4 is 22.7 Å². The fourth-order valence-electron chi connectivity index (χ4n) is 1.97. The third-order valence-electron chi connectivity index (χ3n) is 3.02. The van der Waals surface area contributed by atoms with Gasteiger partial charge in [-0.1, -0.05) is 11.2 Å². The van der Waals surface area contributed by atoms with Crippen molar-refractivity contribution < 1.29 is 23.0 Å². The first kappa shape index (κ1) is 16.8. The van der Waals surface area contributed by atoms with Crippen LogP contribution in [0.15, 0.2) is 40.2 Å². The van der Waals surface area contributed by atoms with Crippen LogP contribution < -0.4 is 10.1 Å². The normalized spacial score (nSPS) is 10.8. The third kappa shape index (κ3) is 4.07. The Morgan fingerprint density at radius 2 is 2.24 bits per heavy atom. The van der Waals surface area contributed by atoms with Crippen LogP contribution in [0.3, 0.4) is 0 Å². The summed E-state index contributed by atoms with van der Waals surface area (Å²) >= 11 is 1.45. The summed E-state index contributed by atoms with van der Waals surface area (Å²) in [4.78, 5) is 15.1. The Kier molecular flexibility index (Phi) is 4.84. The molecule has 0 spiro atoms. The average Bonchev–Trinajstić information content (AvgIpc) is 3.23. The second-order valence-corrected chi connectivity index (χ2v) is 5.61. The van der Waals surface area contributed by atoms with E-state index in [4.69, 9.17) is 4.52 Å². The van der Waals surface area contributed by atoms with Crippen molar-refractivity contribution in [1.82, 2.24) is 10.1 Å². The van der Waals surface area contributed by atoms with Gasteiger partial charge in [0.1, 0.15) is 0 Å². The summed E-state index contributed by atoms with van der Waals surface area (Å²) in [7, 11) is 0. The smallest absolute Gasteiger partial charge is 0.387 e. The summed E-state index contributed by atoms with van der Waals surface area (Å²) < 4.78 is 34.1. The summed E-state index contributed by atoms with van der Waals surface area (Å²) in [5.41, 5.74) is -0.214. The zero-order valence-corrected chi connectivity index (χ0v) is 13.2. The lowest BCUT2D eigenvalue weighted by molar-refractivity contribution is -0.386. The summed E-state index contributed by atoms with van der Waals surface area (Å²) in [5, 5.41) is 19.4. The van der Waals surface area contributed by atoms with Crippen molar-refractivity contribution in [3.05, 3.63) is 51.7 Å². The Labute approximate surface area is 143 Å². The molecule has 0 fully saturated rings. The number of nitrogens with one attached hydrogen (secondary N) is 1. The van der Waals surface area contributed by atoms with Gasteiger partial charge in [0.05, 0.1) is 16.3 Å². The third-order valence-corrected chi connectivity index (χ3v) is 3.88. The van der Waals surface area contributed by atoms with Gasteiger partial charge in [-0.3, -0.25) is 10.1 Å². The van der Waals surface area contributed by atoms with Gasteiger partial charge in [0.15, 0.2) is 5.82 Å². The second kappa shape index (κ2) is 7.21. The highest BCUT2D eigenvalue weighted by Gasteiger charge is 2.19. The van der Waals surface area contributed by atoms with Crippen molar-refractivity contribution in [3.63, 3.8) is 0 Å². The molecule has 3 rings (SSSR count). The van der Waals surface area contributed by atoms with E-state index in [2.05, 4.69) is 20.2 Å². The van der Waals surface area contributed by atoms with Gasteiger partial charge in [0.2, 0.25) is 5.75 Å². The number of nitro groups is 1. The van der Waals surface area contributed by atoms with E-state index in [1.165, 1.54) is 17.4 Å². The molecule has 1 N–H and O–H groups in total. The number of anilines is 1. The summed E-state index contributed by atoms with van der Waals surface area (Å²) in [6.07, 6.45) is 0. The number of thiophene rings is 1. The largest absolute Gasteiger partial charge is 0.427 e. The first-order chi connectivity index (χ1) is 12.0.